The van der Waals surface area contributed by atoms with Crippen LogP contribution in [0.1, 0.15) is 27.2 Å². The SMILES string of the molecule is CC/C(C)=C(/C=C\C(C(=O)O)=C(/C)N)COC. The van der Waals surface area contributed by atoms with Gasteiger partial charge in [-0.25, -0.2) is 4.79 Å². The van der Waals surface area contributed by atoms with Gasteiger partial charge in [0, 0.05) is 12.8 Å². The van der Waals surface area contributed by atoms with Crippen LogP contribution in [0, 0.1) is 0 Å². The lowest BCUT2D eigenvalue weighted by Crippen LogP contribution is -2.06. The van der Waals surface area contributed by atoms with Crippen LogP contribution in [0.2, 0.25) is 0 Å². The third kappa shape index (κ3) is 5.36. The average Bonchev–Trinajstić information content (AvgIpc) is 2.26. The van der Waals surface area contributed by atoms with Gasteiger partial charge in [-0.15, -0.1) is 0 Å². The van der Waals surface area contributed by atoms with Crippen molar-refractivity contribution in [3.63, 3.8) is 0 Å². The fourth-order valence-corrected chi connectivity index (χ4v) is 1.25. The topological polar surface area (TPSA) is 72.5 Å². The molecule has 0 aromatic heterocycles. The molecule has 0 aromatic carbocycles. The van der Waals surface area contributed by atoms with E-state index in [1.54, 1.807) is 20.1 Å². The van der Waals surface area contributed by atoms with Crippen LogP contribution in [0.4, 0.5) is 0 Å². The van der Waals surface area contributed by atoms with E-state index in [4.69, 9.17) is 15.6 Å². The Balaban J connectivity index is 5.13. The first kappa shape index (κ1) is 15.4. The number of nitrogens with two attached hydrogens (primary N) is 1. The van der Waals surface area contributed by atoms with Crippen molar-refractivity contribution in [2.75, 3.05) is 13.7 Å². The molecule has 4 heteroatoms. The number of hydrogen-bond acceptors (Lipinski definition) is 3. The summed E-state index contributed by atoms with van der Waals surface area (Å²) in [5.74, 6) is -1.02. The normalized spacial score (nSPS) is 14.6. The summed E-state index contributed by atoms with van der Waals surface area (Å²) in [5.41, 5.74) is 8.06. The number of carbonyl (C=O) groups is 1. The third-order valence-electron chi connectivity index (χ3n) is 2.48. The molecular weight excluding hydrogens is 218 g/mol. The summed E-state index contributed by atoms with van der Waals surface area (Å²) in [6.45, 7) is 6.08. The number of rotatable bonds is 6. The van der Waals surface area contributed by atoms with Gasteiger partial charge >= 0.3 is 5.97 Å². The molecule has 4 nitrogen and oxygen atoms in total. The molecule has 0 saturated heterocycles. The summed E-state index contributed by atoms with van der Waals surface area (Å²) >= 11 is 0. The molecular formula is C13H21NO3. The number of methoxy groups -OCH3 is 1. The van der Waals surface area contributed by atoms with Crippen molar-refractivity contribution in [1.29, 1.82) is 0 Å². The maximum Gasteiger partial charge on any atom is 0.337 e. The predicted molar refractivity (Wildman–Crippen MR) is 68.5 cm³/mol. The van der Waals surface area contributed by atoms with E-state index in [1.165, 1.54) is 11.6 Å². The van der Waals surface area contributed by atoms with Crippen molar-refractivity contribution in [3.05, 3.63) is 34.6 Å². The van der Waals surface area contributed by atoms with Crippen molar-refractivity contribution in [3.8, 4) is 0 Å². The number of carboxylic acids is 1. The highest BCUT2D eigenvalue weighted by Gasteiger charge is 2.06. The lowest BCUT2D eigenvalue weighted by atomic mass is 10.1. The lowest BCUT2D eigenvalue weighted by Gasteiger charge is -2.06. The van der Waals surface area contributed by atoms with Crippen LogP contribution in [-0.2, 0) is 9.53 Å². The zero-order valence-corrected chi connectivity index (χ0v) is 10.9. The highest BCUT2D eigenvalue weighted by atomic mass is 16.5. The molecule has 3 N–H and O–H groups in total. The van der Waals surface area contributed by atoms with Crippen molar-refractivity contribution >= 4 is 5.97 Å². The first-order valence-corrected chi connectivity index (χ1v) is 5.49. The van der Waals surface area contributed by atoms with Gasteiger partial charge in [0.1, 0.15) is 0 Å². The van der Waals surface area contributed by atoms with Crippen LogP contribution in [0.15, 0.2) is 34.6 Å². The Morgan fingerprint density at radius 1 is 1.35 bits per heavy atom. The maximum atomic E-state index is 10.9. The molecule has 0 aliphatic carbocycles. The van der Waals surface area contributed by atoms with Gasteiger partial charge < -0.3 is 15.6 Å². The molecule has 0 atom stereocenters. The molecule has 17 heavy (non-hydrogen) atoms. The molecule has 0 spiro atoms. The zero-order valence-electron chi connectivity index (χ0n) is 10.9. The van der Waals surface area contributed by atoms with E-state index in [-0.39, 0.29) is 5.57 Å². The van der Waals surface area contributed by atoms with Crippen LogP contribution in [0.25, 0.3) is 0 Å². The van der Waals surface area contributed by atoms with E-state index >= 15 is 0 Å². The summed E-state index contributed by atoms with van der Waals surface area (Å²) in [7, 11) is 1.61. The van der Waals surface area contributed by atoms with E-state index in [0.717, 1.165) is 12.0 Å². The second-order valence-electron chi connectivity index (χ2n) is 3.83. The summed E-state index contributed by atoms with van der Waals surface area (Å²) in [6, 6.07) is 0. The van der Waals surface area contributed by atoms with Crippen LogP contribution in [-0.4, -0.2) is 24.8 Å². The van der Waals surface area contributed by atoms with Crippen LogP contribution >= 0.6 is 0 Å². The van der Waals surface area contributed by atoms with Crippen molar-refractivity contribution in [2.24, 2.45) is 5.73 Å². The van der Waals surface area contributed by atoms with Crippen LogP contribution in [0.3, 0.4) is 0 Å². The summed E-state index contributed by atoms with van der Waals surface area (Å²) in [4.78, 5) is 10.9. The maximum absolute atomic E-state index is 10.9. The lowest BCUT2D eigenvalue weighted by molar-refractivity contribution is -0.132. The largest absolute Gasteiger partial charge is 0.478 e. The summed E-state index contributed by atoms with van der Waals surface area (Å²) in [6.07, 6.45) is 4.17. The molecule has 0 aromatic rings. The van der Waals surface area contributed by atoms with Gasteiger partial charge in [0.2, 0.25) is 0 Å². The minimum absolute atomic E-state index is 0.113. The highest BCUT2D eigenvalue weighted by molar-refractivity contribution is 5.90. The number of carboxylic acid groups (broad SMARTS) is 1. The first-order chi connectivity index (χ1) is 7.93. The van der Waals surface area contributed by atoms with Gasteiger partial charge in [0.15, 0.2) is 0 Å². The molecule has 0 aliphatic heterocycles. The van der Waals surface area contributed by atoms with Crippen LogP contribution in [0.5, 0.6) is 0 Å². The minimum atomic E-state index is -1.02. The number of allylic oxidation sites excluding steroid dienone is 2. The van der Waals surface area contributed by atoms with Crippen molar-refractivity contribution in [1.82, 2.24) is 0 Å². The monoisotopic (exact) mass is 239 g/mol. The van der Waals surface area contributed by atoms with E-state index < -0.39 is 5.97 Å². The van der Waals surface area contributed by atoms with Crippen molar-refractivity contribution in [2.45, 2.75) is 27.2 Å². The second kappa shape index (κ2) is 7.68. The van der Waals surface area contributed by atoms with Gasteiger partial charge in [-0.2, -0.15) is 0 Å². The number of ether oxygens (including phenoxy) is 1. The Kier molecular flexibility index (Phi) is 6.98. The molecule has 0 unspecified atom stereocenters. The van der Waals surface area contributed by atoms with Gasteiger partial charge in [0.25, 0.3) is 0 Å². The average molecular weight is 239 g/mol. The van der Waals surface area contributed by atoms with E-state index in [1.807, 2.05) is 13.8 Å². The third-order valence-corrected chi connectivity index (χ3v) is 2.48. The first-order valence-electron chi connectivity index (χ1n) is 5.49. The van der Waals surface area contributed by atoms with Crippen LogP contribution < -0.4 is 5.73 Å². The van der Waals surface area contributed by atoms with Gasteiger partial charge in [-0.1, -0.05) is 18.6 Å². The minimum Gasteiger partial charge on any atom is -0.478 e. The Bertz CT molecular complexity index is 361. The summed E-state index contributed by atoms with van der Waals surface area (Å²) < 4.78 is 5.08. The van der Waals surface area contributed by atoms with Gasteiger partial charge in [0.05, 0.1) is 12.2 Å². The van der Waals surface area contributed by atoms with E-state index in [9.17, 15) is 4.79 Å². The molecule has 96 valence electrons. The fraction of sp³-hybridized carbons (Fsp3) is 0.462. The molecule has 0 saturated carbocycles. The Hall–Kier alpha value is -1.55. The molecule has 0 bridgehead atoms. The Morgan fingerprint density at radius 3 is 2.29 bits per heavy atom. The number of aliphatic carboxylic acids is 1. The molecule has 0 amide bonds. The van der Waals surface area contributed by atoms with Gasteiger partial charge in [-0.05, 0) is 31.9 Å². The van der Waals surface area contributed by atoms with E-state index in [2.05, 4.69) is 0 Å². The van der Waals surface area contributed by atoms with Gasteiger partial charge in [-0.3, -0.25) is 0 Å². The predicted octanol–water partition coefficient (Wildman–Crippen LogP) is 2.23. The molecule has 0 heterocycles. The highest BCUT2D eigenvalue weighted by Crippen LogP contribution is 2.12. The van der Waals surface area contributed by atoms with E-state index in [0.29, 0.717) is 12.3 Å². The zero-order chi connectivity index (χ0) is 13.4. The summed E-state index contributed by atoms with van der Waals surface area (Å²) in [5, 5.41) is 8.95. The standard InChI is InChI=1S/C13H21NO3/c1-5-9(2)11(8-17-4)6-7-12(10(3)14)13(15)16/h6-7H,5,8,14H2,1-4H3,(H,15,16)/b7-6-,11-9-,12-10-. The molecule has 0 fully saturated rings. The number of hydrogen-bond donors (Lipinski definition) is 2. The fourth-order valence-electron chi connectivity index (χ4n) is 1.25. The second-order valence-corrected chi connectivity index (χ2v) is 3.83. The molecule has 0 radical (unpaired) electrons. The molecule has 0 aliphatic rings. The van der Waals surface area contributed by atoms with Crippen molar-refractivity contribution < 1.29 is 14.6 Å². The quantitative estimate of drug-likeness (QED) is 0.550. The Morgan fingerprint density at radius 2 is 1.94 bits per heavy atom. The molecule has 0 rings (SSSR count). The smallest absolute Gasteiger partial charge is 0.337 e. The Labute approximate surface area is 102 Å².